The first-order chi connectivity index (χ1) is 15.1. The molecule has 4 aromatic rings. The summed E-state index contributed by atoms with van der Waals surface area (Å²) in [6.45, 7) is 1.81. The molecule has 1 aliphatic rings. The highest BCUT2D eigenvalue weighted by Crippen LogP contribution is 2.33. The third kappa shape index (κ3) is 3.78. The van der Waals surface area contributed by atoms with Gasteiger partial charge in [-0.3, -0.25) is 9.69 Å². The summed E-state index contributed by atoms with van der Waals surface area (Å²) in [7, 11) is 1.65. The number of rotatable bonds is 4. The van der Waals surface area contributed by atoms with Gasteiger partial charge in [0.05, 0.1) is 23.6 Å². The predicted octanol–water partition coefficient (Wildman–Crippen LogP) is 5.47. The van der Waals surface area contributed by atoms with Crippen molar-refractivity contribution in [1.82, 2.24) is 4.90 Å². The SMILES string of the molecule is COc1ccc(CN2COc3ccc4c(=O)c(-c5ccc(Cl)cc5)coc4c3C2)cc1. The summed E-state index contributed by atoms with van der Waals surface area (Å²) in [4.78, 5) is 15.3. The Bertz CT molecular complexity index is 1300. The predicted molar refractivity (Wildman–Crippen MR) is 121 cm³/mol. The van der Waals surface area contributed by atoms with Crippen molar-refractivity contribution >= 4 is 22.6 Å². The Labute approximate surface area is 184 Å². The summed E-state index contributed by atoms with van der Waals surface area (Å²) in [5.74, 6) is 1.58. The summed E-state index contributed by atoms with van der Waals surface area (Å²) in [6.07, 6.45) is 1.52. The lowest BCUT2D eigenvalue weighted by atomic mass is 10.0. The normalized spacial score (nSPS) is 13.6. The molecule has 3 aromatic carbocycles. The van der Waals surface area contributed by atoms with E-state index in [1.807, 2.05) is 42.5 Å². The molecule has 2 heterocycles. The lowest BCUT2D eigenvalue weighted by Crippen LogP contribution is -2.31. The van der Waals surface area contributed by atoms with Crippen molar-refractivity contribution in [1.29, 1.82) is 0 Å². The van der Waals surface area contributed by atoms with Gasteiger partial charge in [0.15, 0.2) is 0 Å². The largest absolute Gasteiger partial charge is 0.497 e. The molecule has 5 nitrogen and oxygen atoms in total. The van der Waals surface area contributed by atoms with Crippen molar-refractivity contribution in [2.75, 3.05) is 13.8 Å². The zero-order chi connectivity index (χ0) is 21.4. The van der Waals surface area contributed by atoms with Crippen LogP contribution in [0.15, 0.2) is 76.1 Å². The van der Waals surface area contributed by atoms with Crippen LogP contribution < -0.4 is 14.9 Å². The lowest BCUT2D eigenvalue weighted by molar-refractivity contribution is 0.0890. The molecule has 0 bridgehead atoms. The van der Waals surface area contributed by atoms with Crippen molar-refractivity contribution in [2.24, 2.45) is 0 Å². The van der Waals surface area contributed by atoms with Crippen LogP contribution in [0.5, 0.6) is 11.5 Å². The van der Waals surface area contributed by atoms with E-state index >= 15 is 0 Å². The Morgan fingerprint density at radius 1 is 1.03 bits per heavy atom. The lowest BCUT2D eigenvalue weighted by Gasteiger charge is -2.29. The number of hydrogen-bond donors (Lipinski definition) is 0. The van der Waals surface area contributed by atoms with Crippen molar-refractivity contribution < 1.29 is 13.9 Å². The van der Waals surface area contributed by atoms with Crippen LogP contribution in [0.1, 0.15) is 11.1 Å². The molecular weight excluding hydrogens is 414 g/mol. The van der Waals surface area contributed by atoms with Gasteiger partial charge in [0.1, 0.15) is 30.1 Å². The molecule has 0 atom stereocenters. The van der Waals surface area contributed by atoms with E-state index in [0.29, 0.717) is 41.4 Å². The van der Waals surface area contributed by atoms with E-state index in [-0.39, 0.29) is 5.43 Å². The topological polar surface area (TPSA) is 51.9 Å². The third-order valence-corrected chi connectivity index (χ3v) is 5.76. The number of ether oxygens (including phenoxy) is 2. The van der Waals surface area contributed by atoms with Crippen molar-refractivity contribution in [3.63, 3.8) is 0 Å². The third-order valence-electron chi connectivity index (χ3n) is 5.51. The summed E-state index contributed by atoms with van der Waals surface area (Å²) < 4.78 is 17.2. The maximum Gasteiger partial charge on any atom is 0.200 e. The van der Waals surface area contributed by atoms with Gasteiger partial charge < -0.3 is 13.9 Å². The number of halogens is 1. The molecule has 0 saturated carbocycles. The first kappa shape index (κ1) is 19.7. The van der Waals surface area contributed by atoms with Crippen LogP contribution in [0, 0.1) is 0 Å². The smallest absolute Gasteiger partial charge is 0.200 e. The molecule has 0 N–H and O–H groups in total. The molecule has 0 aliphatic carbocycles. The van der Waals surface area contributed by atoms with E-state index < -0.39 is 0 Å². The minimum absolute atomic E-state index is 0.0707. The maximum atomic E-state index is 13.2. The minimum Gasteiger partial charge on any atom is -0.497 e. The molecule has 0 fully saturated rings. The molecule has 156 valence electrons. The van der Waals surface area contributed by atoms with Crippen LogP contribution in [-0.4, -0.2) is 18.7 Å². The fourth-order valence-corrected chi connectivity index (χ4v) is 4.00. The molecular formula is C25H20ClNO4. The van der Waals surface area contributed by atoms with Crippen LogP contribution in [0.3, 0.4) is 0 Å². The number of methoxy groups -OCH3 is 1. The van der Waals surface area contributed by atoms with Gasteiger partial charge in [-0.05, 0) is 47.5 Å². The van der Waals surface area contributed by atoms with Gasteiger partial charge in [-0.25, -0.2) is 0 Å². The fourth-order valence-electron chi connectivity index (χ4n) is 3.87. The zero-order valence-corrected chi connectivity index (χ0v) is 17.7. The van der Waals surface area contributed by atoms with Gasteiger partial charge >= 0.3 is 0 Å². The monoisotopic (exact) mass is 433 g/mol. The van der Waals surface area contributed by atoms with Crippen LogP contribution in [0.25, 0.3) is 22.1 Å². The Kier molecular flexibility index (Phi) is 5.14. The average molecular weight is 434 g/mol. The van der Waals surface area contributed by atoms with Gasteiger partial charge in [0, 0.05) is 18.1 Å². The molecule has 0 saturated heterocycles. The Hall–Kier alpha value is -3.28. The Morgan fingerprint density at radius 2 is 1.81 bits per heavy atom. The minimum atomic E-state index is -0.0707. The second-order valence-corrected chi connectivity index (χ2v) is 7.95. The molecule has 0 radical (unpaired) electrons. The van der Waals surface area contributed by atoms with Crippen molar-refractivity contribution in [3.05, 3.63) is 93.3 Å². The second-order valence-electron chi connectivity index (χ2n) is 7.51. The van der Waals surface area contributed by atoms with E-state index in [0.717, 1.165) is 28.2 Å². The number of hydrogen-bond acceptors (Lipinski definition) is 5. The molecule has 0 amide bonds. The summed E-state index contributed by atoms with van der Waals surface area (Å²) in [5, 5.41) is 1.16. The highest BCUT2D eigenvalue weighted by atomic mass is 35.5. The van der Waals surface area contributed by atoms with E-state index in [1.54, 1.807) is 25.3 Å². The molecule has 0 spiro atoms. The molecule has 31 heavy (non-hydrogen) atoms. The summed E-state index contributed by atoms with van der Waals surface area (Å²) in [6, 6.07) is 18.8. The Morgan fingerprint density at radius 3 is 2.55 bits per heavy atom. The van der Waals surface area contributed by atoms with Gasteiger partial charge in [-0.1, -0.05) is 35.9 Å². The highest BCUT2D eigenvalue weighted by Gasteiger charge is 2.23. The van der Waals surface area contributed by atoms with Crippen molar-refractivity contribution in [3.8, 4) is 22.6 Å². The van der Waals surface area contributed by atoms with E-state index in [4.69, 9.17) is 25.5 Å². The molecule has 5 rings (SSSR count). The van der Waals surface area contributed by atoms with Crippen LogP contribution >= 0.6 is 11.6 Å². The maximum absolute atomic E-state index is 13.2. The van der Waals surface area contributed by atoms with E-state index in [1.165, 1.54) is 6.26 Å². The van der Waals surface area contributed by atoms with Gasteiger partial charge in [0.25, 0.3) is 0 Å². The van der Waals surface area contributed by atoms with Crippen molar-refractivity contribution in [2.45, 2.75) is 13.1 Å². The van der Waals surface area contributed by atoms with Crippen LogP contribution in [0.4, 0.5) is 0 Å². The second kappa shape index (κ2) is 8.10. The van der Waals surface area contributed by atoms with Gasteiger partial charge in [0.2, 0.25) is 5.43 Å². The Balaban J connectivity index is 1.47. The molecule has 0 unspecified atom stereocenters. The standard InChI is InChI=1S/C25H20ClNO4/c1-29-19-8-2-16(3-9-19)12-27-13-21-23(31-15-27)11-10-20-24(28)22(14-30-25(20)21)17-4-6-18(26)7-5-17/h2-11,14H,12-13,15H2,1H3. The van der Waals surface area contributed by atoms with Gasteiger partial charge in [-0.2, -0.15) is 0 Å². The quantitative estimate of drug-likeness (QED) is 0.427. The molecule has 1 aromatic heterocycles. The first-order valence-electron chi connectivity index (χ1n) is 9.94. The molecule has 6 heteroatoms. The summed E-state index contributed by atoms with van der Waals surface area (Å²) in [5.41, 5.74) is 3.82. The molecule has 1 aliphatic heterocycles. The highest BCUT2D eigenvalue weighted by molar-refractivity contribution is 6.30. The van der Waals surface area contributed by atoms with Gasteiger partial charge in [-0.15, -0.1) is 0 Å². The number of fused-ring (bicyclic) bond motifs is 3. The number of nitrogens with zero attached hydrogens (tertiary/aromatic N) is 1. The number of benzene rings is 3. The average Bonchev–Trinajstić information content (AvgIpc) is 2.80. The van der Waals surface area contributed by atoms with E-state index in [9.17, 15) is 4.79 Å². The van der Waals surface area contributed by atoms with Crippen LogP contribution in [0.2, 0.25) is 5.02 Å². The van der Waals surface area contributed by atoms with E-state index in [2.05, 4.69) is 4.90 Å². The summed E-state index contributed by atoms with van der Waals surface area (Å²) >= 11 is 5.97. The zero-order valence-electron chi connectivity index (χ0n) is 16.9. The first-order valence-corrected chi connectivity index (χ1v) is 10.3. The van der Waals surface area contributed by atoms with Crippen LogP contribution in [-0.2, 0) is 13.1 Å². The fraction of sp³-hybridized carbons (Fsp3) is 0.160.